The normalized spacial score (nSPS) is 24.5. The zero-order chi connectivity index (χ0) is 17.1. The highest BCUT2D eigenvalue weighted by atomic mass is 16.5. The van der Waals surface area contributed by atoms with Crippen LogP contribution in [-0.4, -0.2) is 35.4 Å². The van der Waals surface area contributed by atoms with Gasteiger partial charge in [-0.1, -0.05) is 18.6 Å². The lowest BCUT2D eigenvalue weighted by atomic mass is 10.0. The highest BCUT2D eigenvalue weighted by molar-refractivity contribution is 5.28. The SMILES string of the molecule is COc1cccc(CN2CCCCC2c2nnc([C@H]3CCCO3)o2)c1. The van der Waals surface area contributed by atoms with E-state index in [0.29, 0.717) is 5.89 Å². The Kier molecular flexibility index (Phi) is 4.99. The minimum atomic E-state index is -0.0170. The molecule has 0 amide bonds. The molecule has 0 bridgehead atoms. The molecule has 4 rings (SSSR count). The number of methoxy groups -OCH3 is 1. The lowest BCUT2D eigenvalue weighted by molar-refractivity contribution is 0.0795. The van der Waals surface area contributed by atoms with Crippen LogP contribution < -0.4 is 4.74 Å². The van der Waals surface area contributed by atoms with Gasteiger partial charge in [0.05, 0.1) is 13.2 Å². The molecule has 0 aliphatic carbocycles. The summed E-state index contributed by atoms with van der Waals surface area (Å²) in [6.07, 6.45) is 5.46. The van der Waals surface area contributed by atoms with Crippen molar-refractivity contribution in [3.8, 4) is 5.75 Å². The predicted octanol–water partition coefficient (Wildman–Crippen LogP) is 3.66. The summed E-state index contributed by atoms with van der Waals surface area (Å²) in [6, 6.07) is 8.43. The molecule has 2 aliphatic heterocycles. The van der Waals surface area contributed by atoms with Crippen LogP contribution in [-0.2, 0) is 11.3 Å². The van der Waals surface area contributed by atoms with Gasteiger partial charge < -0.3 is 13.9 Å². The van der Waals surface area contributed by atoms with E-state index in [1.54, 1.807) is 7.11 Å². The van der Waals surface area contributed by atoms with Crippen molar-refractivity contribution in [3.05, 3.63) is 41.6 Å². The van der Waals surface area contributed by atoms with E-state index >= 15 is 0 Å². The van der Waals surface area contributed by atoms with Crippen LogP contribution >= 0.6 is 0 Å². The standard InChI is InChI=1S/C19H25N3O3/c1-23-15-7-4-6-14(12-15)13-22-10-3-2-8-16(22)18-20-21-19(25-18)17-9-5-11-24-17/h4,6-7,12,16-17H,2-3,5,8-11,13H2,1H3/t16?,17-/m1/s1. The van der Waals surface area contributed by atoms with E-state index in [2.05, 4.69) is 27.2 Å². The molecule has 1 aromatic heterocycles. The average Bonchev–Trinajstić information content (AvgIpc) is 3.34. The van der Waals surface area contributed by atoms with Crippen molar-refractivity contribution in [2.75, 3.05) is 20.3 Å². The third-order valence-corrected chi connectivity index (χ3v) is 5.08. The van der Waals surface area contributed by atoms with Crippen LogP contribution in [0.15, 0.2) is 28.7 Å². The molecule has 3 heterocycles. The molecule has 2 saturated heterocycles. The molecule has 25 heavy (non-hydrogen) atoms. The number of piperidine rings is 1. The van der Waals surface area contributed by atoms with Gasteiger partial charge in [0.2, 0.25) is 11.8 Å². The molecular weight excluding hydrogens is 318 g/mol. The lowest BCUT2D eigenvalue weighted by Gasteiger charge is -2.33. The molecular formula is C19H25N3O3. The third-order valence-electron chi connectivity index (χ3n) is 5.08. The largest absolute Gasteiger partial charge is 0.497 e. The second-order valence-corrected chi connectivity index (χ2v) is 6.81. The van der Waals surface area contributed by atoms with Gasteiger partial charge in [0.15, 0.2) is 0 Å². The number of nitrogens with zero attached hydrogens (tertiary/aromatic N) is 3. The van der Waals surface area contributed by atoms with Gasteiger partial charge in [-0.25, -0.2) is 0 Å². The van der Waals surface area contributed by atoms with E-state index in [0.717, 1.165) is 50.6 Å². The lowest BCUT2D eigenvalue weighted by Crippen LogP contribution is -2.33. The van der Waals surface area contributed by atoms with Crippen LogP contribution in [0, 0.1) is 0 Å². The van der Waals surface area contributed by atoms with Crippen LogP contribution in [0.5, 0.6) is 5.75 Å². The van der Waals surface area contributed by atoms with Gasteiger partial charge in [-0.3, -0.25) is 4.90 Å². The smallest absolute Gasteiger partial charge is 0.245 e. The van der Waals surface area contributed by atoms with Gasteiger partial charge in [0, 0.05) is 13.2 Å². The number of hydrogen-bond acceptors (Lipinski definition) is 6. The molecule has 2 atom stereocenters. The van der Waals surface area contributed by atoms with Crippen molar-refractivity contribution in [3.63, 3.8) is 0 Å². The van der Waals surface area contributed by atoms with E-state index in [1.165, 1.54) is 18.4 Å². The van der Waals surface area contributed by atoms with Crippen molar-refractivity contribution in [2.24, 2.45) is 0 Å². The second-order valence-electron chi connectivity index (χ2n) is 6.81. The molecule has 1 aromatic carbocycles. The Labute approximate surface area is 148 Å². The first-order valence-electron chi connectivity index (χ1n) is 9.15. The number of aromatic nitrogens is 2. The molecule has 2 fully saturated rings. The molecule has 1 unspecified atom stereocenters. The van der Waals surface area contributed by atoms with E-state index < -0.39 is 0 Å². The first-order valence-corrected chi connectivity index (χ1v) is 9.15. The fourth-order valence-corrected chi connectivity index (χ4v) is 3.75. The zero-order valence-electron chi connectivity index (χ0n) is 14.7. The molecule has 0 N–H and O–H groups in total. The Morgan fingerprint density at radius 2 is 2.08 bits per heavy atom. The topological polar surface area (TPSA) is 60.6 Å². The summed E-state index contributed by atoms with van der Waals surface area (Å²) in [7, 11) is 1.70. The number of likely N-dealkylation sites (tertiary alicyclic amines) is 1. The fraction of sp³-hybridized carbons (Fsp3) is 0.579. The average molecular weight is 343 g/mol. The number of benzene rings is 1. The number of rotatable bonds is 5. The maximum absolute atomic E-state index is 6.01. The first kappa shape index (κ1) is 16.5. The molecule has 2 aromatic rings. The summed E-state index contributed by atoms with van der Waals surface area (Å²) in [5.41, 5.74) is 1.24. The molecule has 6 nitrogen and oxygen atoms in total. The van der Waals surface area contributed by atoms with Crippen molar-refractivity contribution in [1.29, 1.82) is 0 Å². The quantitative estimate of drug-likeness (QED) is 0.826. The Morgan fingerprint density at radius 1 is 1.16 bits per heavy atom. The second kappa shape index (κ2) is 7.54. The molecule has 0 radical (unpaired) electrons. The summed E-state index contributed by atoms with van der Waals surface area (Å²) in [5, 5.41) is 8.60. The summed E-state index contributed by atoms with van der Waals surface area (Å²) in [5.74, 6) is 2.26. The monoisotopic (exact) mass is 343 g/mol. The zero-order valence-corrected chi connectivity index (χ0v) is 14.7. The van der Waals surface area contributed by atoms with E-state index in [-0.39, 0.29) is 12.1 Å². The Balaban J connectivity index is 1.50. The van der Waals surface area contributed by atoms with E-state index in [9.17, 15) is 0 Å². The molecule has 134 valence electrons. The Hall–Kier alpha value is -1.92. The predicted molar refractivity (Wildman–Crippen MR) is 92.2 cm³/mol. The van der Waals surface area contributed by atoms with Gasteiger partial charge in [0.1, 0.15) is 11.9 Å². The molecule has 2 aliphatic rings. The maximum atomic E-state index is 6.01. The first-order chi connectivity index (χ1) is 12.3. The summed E-state index contributed by atoms with van der Waals surface area (Å²) in [6.45, 7) is 2.69. The maximum Gasteiger partial charge on any atom is 0.245 e. The van der Waals surface area contributed by atoms with Crippen molar-refractivity contribution >= 4 is 0 Å². The van der Waals surface area contributed by atoms with Crippen LogP contribution in [0.2, 0.25) is 0 Å². The van der Waals surface area contributed by atoms with Gasteiger partial charge in [0.25, 0.3) is 0 Å². The van der Waals surface area contributed by atoms with Crippen LogP contribution in [0.25, 0.3) is 0 Å². The highest BCUT2D eigenvalue weighted by Crippen LogP contribution is 2.34. The van der Waals surface area contributed by atoms with Crippen molar-refractivity contribution in [1.82, 2.24) is 15.1 Å². The molecule has 0 spiro atoms. The fourth-order valence-electron chi connectivity index (χ4n) is 3.75. The number of ether oxygens (including phenoxy) is 2. The van der Waals surface area contributed by atoms with Crippen LogP contribution in [0.3, 0.4) is 0 Å². The summed E-state index contributed by atoms with van der Waals surface area (Å²) >= 11 is 0. The minimum Gasteiger partial charge on any atom is -0.497 e. The number of hydrogen-bond donors (Lipinski definition) is 0. The highest BCUT2D eigenvalue weighted by Gasteiger charge is 2.31. The molecule has 0 saturated carbocycles. The van der Waals surface area contributed by atoms with Crippen LogP contribution in [0.4, 0.5) is 0 Å². The van der Waals surface area contributed by atoms with Crippen LogP contribution in [0.1, 0.15) is 61.6 Å². The van der Waals surface area contributed by atoms with Gasteiger partial charge >= 0.3 is 0 Å². The third kappa shape index (κ3) is 3.70. The Morgan fingerprint density at radius 3 is 2.92 bits per heavy atom. The summed E-state index contributed by atoms with van der Waals surface area (Å²) < 4.78 is 17.0. The minimum absolute atomic E-state index is 0.0170. The van der Waals surface area contributed by atoms with E-state index in [4.69, 9.17) is 13.9 Å². The van der Waals surface area contributed by atoms with Crippen molar-refractivity contribution in [2.45, 2.75) is 50.8 Å². The van der Waals surface area contributed by atoms with Gasteiger partial charge in [-0.05, 0) is 49.9 Å². The van der Waals surface area contributed by atoms with Gasteiger partial charge in [-0.2, -0.15) is 0 Å². The molecule has 6 heteroatoms. The van der Waals surface area contributed by atoms with Crippen molar-refractivity contribution < 1.29 is 13.9 Å². The summed E-state index contributed by atoms with van der Waals surface area (Å²) in [4.78, 5) is 2.44. The Bertz CT molecular complexity index is 697. The van der Waals surface area contributed by atoms with Gasteiger partial charge in [-0.15, -0.1) is 10.2 Å². The van der Waals surface area contributed by atoms with E-state index in [1.807, 2.05) is 12.1 Å².